The molecule has 0 aliphatic rings. The van der Waals surface area contributed by atoms with Crippen LogP contribution in [0.15, 0.2) is 24.3 Å². The molecule has 6 heteroatoms. The molecule has 0 radical (unpaired) electrons. The SMILES string of the molecule is CC(C)OCC(=O)Cc1ccc(OC(F)(F)F)cc1. The molecule has 0 spiro atoms. The van der Waals surface area contributed by atoms with Crippen molar-refractivity contribution < 1.29 is 27.4 Å². The van der Waals surface area contributed by atoms with E-state index < -0.39 is 6.36 Å². The van der Waals surface area contributed by atoms with Crippen LogP contribution in [-0.2, 0) is 16.0 Å². The first-order valence-electron chi connectivity index (χ1n) is 5.74. The van der Waals surface area contributed by atoms with Crippen molar-refractivity contribution in [3.05, 3.63) is 29.8 Å². The first-order chi connectivity index (χ1) is 8.76. The molecule has 0 bridgehead atoms. The second kappa shape index (κ2) is 6.56. The lowest BCUT2D eigenvalue weighted by atomic mass is 10.1. The lowest BCUT2D eigenvalue weighted by molar-refractivity contribution is -0.274. The van der Waals surface area contributed by atoms with E-state index in [4.69, 9.17) is 4.74 Å². The Labute approximate surface area is 109 Å². The molecule has 0 aliphatic heterocycles. The highest BCUT2D eigenvalue weighted by Crippen LogP contribution is 2.22. The van der Waals surface area contributed by atoms with E-state index in [1.54, 1.807) is 0 Å². The number of carbonyl (C=O) groups excluding carboxylic acids is 1. The van der Waals surface area contributed by atoms with Crippen LogP contribution in [0.3, 0.4) is 0 Å². The maximum atomic E-state index is 11.9. The fourth-order valence-corrected chi connectivity index (χ4v) is 1.35. The molecule has 0 aromatic heterocycles. The zero-order valence-electron chi connectivity index (χ0n) is 10.7. The molecule has 3 nitrogen and oxygen atoms in total. The first kappa shape index (κ1) is 15.5. The maximum Gasteiger partial charge on any atom is 0.573 e. The van der Waals surface area contributed by atoms with Crippen molar-refractivity contribution in [1.29, 1.82) is 0 Å². The summed E-state index contributed by atoms with van der Waals surface area (Å²) in [5, 5.41) is 0. The van der Waals surface area contributed by atoms with Crippen LogP contribution >= 0.6 is 0 Å². The number of Topliss-reactive ketones (excluding diaryl/α,β-unsaturated/α-hetero) is 1. The Morgan fingerprint density at radius 1 is 1.21 bits per heavy atom. The van der Waals surface area contributed by atoms with Gasteiger partial charge in [0.15, 0.2) is 5.78 Å². The van der Waals surface area contributed by atoms with Crippen LogP contribution in [0.2, 0.25) is 0 Å². The second-order valence-corrected chi connectivity index (χ2v) is 4.27. The van der Waals surface area contributed by atoms with Crippen LogP contribution in [0, 0.1) is 0 Å². The van der Waals surface area contributed by atoms with E-state index in [1.807, 2.05) is 13.8 Å². The van der Waals surface area contributed by atoms with Crippen LogP contribution in [0.25, 0.3) is 0 Å². The molecule has 106 valence electrons. The largest absolute Gasteiger partial charge is 0.573 e. The molecule has 19 heavy (non-hydrogen) atoms. The minimum absolute atomic E-state index is 0.00152. The third kappa shape index (κ3) is 6.81. The van der Waals surface area contributed by atoms with E-state index in [9.17, 15) is 18.0 Å². The van der Waals surface area contributed by atoms with Gasteiger partial charge >= 0.3 is 6.36 Å². The van der Waals surface area contributed by atoms with E-state index in [0.29, 0.717) is 5.56 Å². The Morgan fingerprint density at radius 3 is 2.26 bits per heavy atom. The van der Waals surface area contributed by atoms with Gasteiger partial charge in [0.25, 0.3) is 0 Å². The molecular formula is C13H15F3O3. The molecule has 0 saturated heterocycles. The van der Waals surface area contributed by atoms with Crippen molar-refractivity contribution in [2.45, 2.75) is 32.7 Å². The van der Waals surface area contributed by atoms with Gasteiger partial charge in [0.2, 0.25) is 0 Å². The molecule has 1 aromatic carbocycles. The number of carbonyl (C=O) groups is 1. The quantitative estimate of drug-likeness (QED) is 0.800. The topological polar surface area (TPSA) is 35.5 Å². The van der Waals surface area contributed by atoms with Crippen LogP contribution < -0.4 is 4.74 Å². The average molecular weight is 276 g/mol. The van der Waals surface area contributed by atoms with Crippen molar-refractivity contribution in [2.24, 2.45) is 0 Å². The van der Waals surface area contributed by atoms with Crippen molar-refractivity contribution in [3.63, 3.8) is 0 Å². The number of ketones is 1. The Hall–Kier alpha value is -1.56. The molecule has 0 fully saturated rings. The van der Waals surface area contributed by atoms with Gasteiger partial charge in [-0.2, -0.15) is 0 Å². The Balaban J connectivity index is 2.50. The molecule has 0 heterocycles. The summed E-state index contributed by atoms with van der Waals surface area (Å²) in [5.74, 6) is -0.430. The number of alkyl halides is 3. The number of benzene rings is 1. The summed E-state index contributed by atoms with van der Waals surface area (Å²) in [4.78, 5) is 11.5. The van der Waals surface area contributed by atoms with E-state index in [2.05, 4.69) is 4.74 Å². The molecule has 0 atom stereocenters. The van der Waals surface area contributed by atoms with Crippen LogP contribution in [0.1, 0.15) is 19.4 Å². The Kier molecular flexibility index (Phi) is 5.35. The molecule has 1 rings (SSSR count). The predicted molar refractivity (Wildman–Crippen MR) is 62.9 cm³/mol. The number of rotatable bonds is 6. The number of ether oxygens (including phenoxy) is 2. The summed E-state index contributed by atoms with van der Waals surface area (Å²) in [7, 11) is 0. The van der Waals surface area contributed by atoms with Crippen molar-refractivity contribution in [2.75, 3.05) is 6.61 Å². The second-order valence-electron chi connectivity index (χ2n) is 4.27. The summed E-state index contributed by atoms with van der Waals surface area (Å²) in [6, 6.07) is 5.21. The number of hydrogen-bond acceptors (Lipinski definition) is 3. The van der Waals surface area contributed by atoms with Crippen LogP contribution in [-0.4, -0.2) is 24.9 Å². The van der Waals surface area contributed by atoms with E-state index in [1.165, 1.54) is 24.3 Å². The van der Waals surface area contributed by atoms with Gasteiger partial charge < -0.3 is 9.47 Å². The highest BCUT2D eigenvalue weighted by Gasteiger charge is 2.30. The smallest absolute Gasteiger partial charge is 0.406 e. The maximum absolute atomic E-state index is 11.9. The fourth-order valence-electron chi connectivity index (χ4n) is 1.35. The zero-order valence-corrected chi connectivity index (χ0v) is 10.7. The van der Waals surface area contributed by atoms with E-state index >= 15 is 0 Å². The first-order valence-corrected chi connectivity index (χ1v) is 5.74. The zero-order chi connectivity index (χ0) is 14.5. The van der Waals surface area contributed by atoms with Gasteiger partial charge in [0, 0.05) is 6.42 Å². The Bertz CT molecular complexity index is 410. The molecule has 0 saturated carbocycles. The van der Waals surface area contributed by atoms with Gasteiger partial charge in [-0.15, -0.1) is 13.2 Å². The van der Waals surface area contributed by atoms with Crippen LogP contribution in [0.5, 0.6) is 5.75 Å². The molecule has 0 amide bonds. The average Bonchev–Trinajstić information content (AvgIpc) is 2.27. The highest BCUT2D eigenvalue weighted by molar-refractivity contribution is 5.82. The van der Waals surface area contributed by atoms with Gasteiger partial charge in [-0.25, -0.2) is 0 Å². The third-order valence-corrected chi connectivity index (χ3v) is 2.14. The summed E-state index contributed by atoms with van der Waals surface area (Å²) in [6.45, 7) is 3.63. The van der Waals surface area contributed by atoms with Crippen LogP contribution in [0.4, 0.5) is 13.2 Å². The van der Waals surface area contributed by atoms with E-state index in [0.717, 1.165) is 0 Å². The van der Waals surface area contributed by atoms with Crippen molar-refractivity contribution in [3.8, 4) is 5.75 Å². The Morgan fingerprint density at radius 2 is 1.79 bits per heavy atom. The standard InChI is InChI=1S/C13H15F3O3/c1-9(2)18-8-11(17)7-10-3-5-12(6-4-10)19-13(14,15)16/h3-6,9H,7-8H2,1-2H3. The van der Waals surface area contributed by atoms with Crippen molar-refractivity contribution in [1.82, 2.24) is 0 Å². The summed E-state index contributed by atoms with van der Waals surface area (Å²) < 4.78 is 44.7. The normalized spacial score (nSPS) is 11.7. The van der Waals surface area contributed by atoms with Gasteiger partial charge in [-0.1, -0.05) is 12.1 Å². The molecule has 1 aromatic rings. The number of halogens is 3. The van der Waals surface area contributed by atoms with E-state index in [-0.39, 0.29) is 30.7 Å². The minimum Gasteiger partial charge on any atom is -0.406 e. The van der Waals surface area contributed by atoms with Gasteiger partial charge in [-0.3, -0.25) is 4.79 Å². The summed E-state index contributed by atoms with van der Waals surface area (Å²) in [5.41, 5.74) is 0.617. The van der Waals surface area contributed by atoms with Gasteiger partial charge in [0.05, 0.1) is 6.10 Å². The molecule has 0 N–H and O–H groups in total. The fraction of sp³-hybridized carbons (Fsp3) is 0.462. The lowest BCUT2D eigenvalue weighted by Crippen LogP contribution is -2.17. The number of hydrogen-bond donors (Lipinski definition) is 0. The molecule has 0 unspecified atom stereocenters. The summed E-state index contributed by atoms with van der Waals surface area (Å²) >= 11 is 0. The van der Waals surface area contributed by atoms with Crippen molar-refractivity contribution >= 4 is 5.78 Å². The lowest BCUT2D eigenvalue weighted by Gasteiger charge is -2.09. The third-order valence-electron chi connectivity index (χ3n) is 2.14. The predicted octanol–water partition coefficient (Wildman–Crippen LogP) is 3.12. The monoisotopic (exact) mass is 276 g/mol. The molecular weight excluding hydrogens is 261 g/mol. The van der Waals surface area contributed by atoms with Gasteiger partial charge in [-0.05, 0) is 31.5 Å². The minimum atomic E-state index is -4.71. The molecule has 0 aliphatic carbocycles. The summed E-state index contributed by atoms with van der Waals surface area (Å²) in [6.07, 6.45) is -4.62. The highest BCUT2D eigenvalue weighted by atomic mass is 19.4. The van der Waals surface area contributed by atoms with Gasteiger partial charge in [0.1, 0.15) is 12.4 Å².